The third-order valence-corrected chi connectivity index (χ3v) is 3.09. The van der Waals surface area contributed by atoms with Gasteiger partial charge in [-0.2, -0.15) is 5.26 Å². The summed E-state index contributed by atoms with van der Waals surface area (Å²) in [5.74, 6) is 0.643. The van der Waals surface area contributed by atoms with E-state index in [4.69, 9.17) is 15.7 Å². The number of rotatable bonds is 5. The molecule has 2 unspecified atom stereocenters. The normalized spacial score (nSPS) is 25.1. The van der Waals surface area contributed by atoms with Crippen LogP contribution in [0, 0.1) is 17.2 Å². The maximum Gasteiger partial charge on any atom is 0.102 e. The molecule has 0 bridgehead atoms. The van der Waals surface area contributed by atoms with Crippen LogP contribution >= 0.6 is 0 Å². The van der Waals surface area contributed by atoms with Crippen LogP contribution in [-0.2, 0) is 4.74 Å². The first kappa shape index (κ1) is 13.4. The molecular formula is C12H23N3O. The van der Waals surface area contributed by atoms with Crippen molar-refractivity contribution in [2.75, 3.05) is 33.4 Å². The van der Waals surface area contributed by atoms with Crippen molar-refractivity contribution in [3.05, 3.63) is 0 Å². The van der Waals surface area contributed by atoms with Crippen molar-refractivity contribution >= 4 is 0 Å². The van der Waals surface area contributed by atoms with E-state index in [1.54, 1.807) is 6.92 Å². The molecule has 92 valence electrons. The zero-order chi connectivity index (χ0) is 12.0. The Bertz CT molecular complexity index is 241. The summed E-state index contributed by atoms with van der Waals surface area (Å²) in [7, 11) is 2.09. The lowest BCUT2D eigenvalue weighted by molar-refractivity contribution is 0.0416. The van der Waals surface area contributed by atoms with Crippen molar-refractivity contribution in [3.63, 3.8) is 0 Å². The second-order valence-electron chi connectivity index (χ2n) is 5.12. The molecule has 0 aromatic rings. The molecule has 0 radical (unpaired) electrons. The van der Waals surface area contributed by atoms with E-state index < -0.39 is 5.54 Å². The predicted molar refractivity (Wildman–Crippen MR) is 63.9 cm³/mol. The zero-order valence-electron chi connectivity index (χ0n) is 10.4. The van der Waals surface area contributed by atoms with Crippen LogP contribution in [0.4, 0.5) is 0 Å². The summed E-state index contributed by atoms with van der Waals surface area (Å²) < 4.78 is 5.45. The van der Waals surface area contributed by atoms with E-state index in [2.05, 4.69) is 18.0 Å². The van der Waals surface area contributed by atoms with Gasteiger partial charge in [0.15, 0.2) is 0 Å². The standard InChI is InChI=1S/C12H23N3O/c1-12(14,10-13)5-6-15(2)8-11-4-3-7-16-9-11/h11H,3-9,14H2,1-2H3. The van der Waals surface area contributed by atoms with Crippen molar-refractivity contribution in [2.24, 2.45) is 11.7 Å². The number of ether oxygens (including phenoxy) is 1. The predicted octanol–water partition coefficient (Wildman–Crippen LogP) is 0.976. The van der Waals surface area contributed by atoms with E-state index in [1.807, 2.05) is 0 Å². The van der Waals surface area contributed by atoms with Crippen LogP contribution in [-0.4, -0.2) is 43.8 Å². The van der Waals surface area contributed by atoms with Gasteiger partial charge in [0.2, 0.25) is 0 Å². The number of hydrogen-bond acceptors (Lipinski definition) is 4. The van der Waals surface area contributed by atoms with Crippen molar-refractivity contribution < 1.29 is 4.74 Å². The minimum Gasteiger partial charge on any atom is -0.381 e. The Kier molecular flexibility index (Phi) is 5.20. The highest BCUT2D eigenvalue weighted by atomic mass is 16.5. The summed E-state index contributed by atoms with van der Waals surface area (Å²) in [6, 6.07) is 2.13. The Hall–Kier alpha value is -0.630. The van der Waals surface area contributed by atoms with E-state index in [-0.39, 0.29) is 0 Å². The number of hydrogen-bond donors (Lipinski definition) is 1. The molecular weight excluding hydrogens is 202 g/mol. The van der Waals surface area contributed by atoms with Crippen LogP contribution in [0.15, 0.2) is 0 Å². The molecule has 1 aliphatic rings. The second-order valence-corrected chi connectivity index (χ2v) is 5.12. The Morgan fingerprint density at radius 1 is 1.62 bits per heavy atom. The fourth-order valence-electron chi connectivity index (χ4n) is 1.96. The van der Waals surface area contributed by atoms with Gasteiger partial charge in [0.05, 0.1) is 12.7 Å². The fraction of sp³-hybridized carbons (Fsp3) is 0.917. The Balaban J connectivity index is 2.20. The van der Waals surface area contributed by atoms with Gasteiger partial charge >= 0.3 is 0 Å². The monoisotopic (exact) mass is 225 g/mol. The molecule has 1 saturated heterocycles. The summed E-state index contributed by atoms with van der Waals surface area (Å²) in [5, 5.41) is 8.81. The third kappa shape index (κ3) is 4.93. The Labute approximate surface area is 98.4 Å². The van der Waals surface area contributed by atoms with E-state index in [9.17, 15) is 0 Å². The van der Waals surface area contributed by atoms with Crippen molar-refractivity contribution in [1.82, 2.24) is 4.90 Å². The first-order valence-electron chi connectivity index (χ1n) is 6.00. The summed E-state index contributed by atoms with van der Waals surface area (Å²) in [6.45, 7) is 5.49. The molecule has 16 heavy (non-hydrogen) atoms. The van der Waals surface area contributed by atoms with E-state index >= 15 is 0 Å². The minimum atomic E-state index is -0.697. The van der Waals surface area contributed by atoms with Gasteiger partial charge in [-0.15, -0.1) is 0 Å². The molecule has 0 aromatic heterocycles. The van der Waals surface area contributed by atoms with E-state index in [1.165, 1.54) is 12.8 Å². The number of nitrogens with zero attached hydrogens (tertiary/aromatic N) is 2. The minimum absolute atomic E-state index is 0.643. The Morgan fingerprint density at radius 2 is 2.38 bits per heavy atom. The van der Waals surface area contributed by atoms with Gasteiger partial charge in [-0.05, 0) is 39.2 Å². The second kappa shape index (κ2) is 6.19. The van der Waals surface area contributed by atoms with Crippen molar-refractivity contribution in [1.29, 1.82) is 5.26 Å². The molecule has 4 heteroatoms. The van der Waals surface area contributed by atoms with E-state index in [0.717, 1.165) is 26.3 Å². The average Bonchev–Trinajstić information content (AvgIpc) is 2.28. The van der Waals surface area contributed by atoms with Gasteiger partial charge in [-0.3, -0.25) is 0 Å². The summed E-state index contributed by atoms with van der Waals surface area (Å²) in [5.41, 5.74) is 5.09. The largest absolute Gasteiger partial charge is 0.381 e. The van der Waals surface area contributed by atoms with Crippen LogP contribution in [0.1, 0.15) is 26.2 Å². The van der Waals surface area contributed by atoms with Crippen LogP contribution in [0.25, 0.3) is 0 Å². The summed E-state index contributed by atoms with van der Waals surface area (Å²) >= 11 is 0. The van der Waals surface area contributed by atoms with Crippen LogP contribution in [0.3, 0.4) is 0 Å². The zero-order valence-corrected chi connectivity index (χ0v) is 10.4. The van der Waals surface area contributed by atoms with Crippen molar-refractivity contribution in [3.8, 4) is 6.07 Å². The van der Waals surface area contributed by atoms with Gasteiger partial charge in [-0.1, -0.05) is 0 Å². The lowest BCUT2D eigenvalue weighted by atomic mass is 9.99. The van der Waals surface area contributed by atoms with Crippen LogP contribution in [0.5, 0.6) is 0 Å². The molecule has 4 nitrogen and oxygen atoms in total. The molecule has 2 atom stereocenters. The molecule has 1 rings (SSSR count). The SMILES string of the molecule is CN(CCC(C)(N)C#N)CC1CCCOC1. The molecule has 1 aliphatic heterocycles. The molecule has 0 aromatic carbocycles. The topological polar surface area (TPSA) is 62.3 Å². The Morgan fingerprint density at radius 3 is 2.94 bits per heavy atom. The molecule has 0 spiro atoms. The van der Waals surface area contributed by atoms with Crippen molar-refractivity contribution in [2.45, 2.75) is 31.7 Å². The first-order valence-corrected chi connectivity index (χ1v) is 6.00. The fourth-order valence-corrected chi connectivity index (χ4v) is 1.96. The van der Waals surface area contributed by atoms with Gasteiger partial charge < -0.3 is 15.4 Å². The summed E-state index contributed by atoms with van der Waals surface area (Å²) in [6.07, 6.45) is 3.14. The molecule has 1 heterocycles. The first-order chi connectivity index (χ1) is 7.53. The van der Waals surface area contributed by atoms with Gasteiger partial charge in [0.1, 0.15) is 5.54 Å². The van der Waals surface area contributed by atoms with Gasteiger partial charge in [0, 0.05) is 19.7 Å². The highest BCUT2D eigenvalue weighted by Crippen LogP contribution is 2.15. The third-order valence-electron chi connectivity index (χ3n) is 3.09. The summed E-state index contributed by atoms with van der Waals surface area (Å²) in [4.78, 5) is 2.25. The number of nitriles is 1. The molecule has 2 N–H and O–H groups in total. The maximum atomic E-state index is 8.81. The van der Waals surface area contributed by atoms with Gasteiger partial charge in [-0.25, -0.2) is 0 Å². The molecule has 0 aliphatic carbocycles. The molecule has 0 saturated carbocycles. The molecule has 0 amide bonds. The van der Waals surface area contributed by atoms with Gasteiger partial charge in [0.25, 0.3) is 0 Å². The highest BCUT2D eigenvalue weighted by Gasteiger charge is 2.20. The van der Waals surface area contributed by atoms with E-state index in [0.29, 0.717) is 12.3 Å². The highest BCUT2D eigenvalue weighted by molar-refractivity contribution is 5.01. The lowest BCUT2D eigenvalue weighted by Gasteiger charge is -2.28. The number of nitrogens with two attached hydrogens (primary N) is 1. The van der Waals surface area contributed by atoms with Crippen LogP contribution in [0.2, 0.25) is 0 Å². The van der Waals surface area contributed by atoms with Crippen LogP contribution < -0.4 is 5.73 Å². The maximum absolute atomic E-state index is 8.81. The smallest absolute Gasteiger partial charge is 0.102 e. The molecule has 1 fully saturated rings. The lowest BCUT2D eigenvalue weighted by Crippen LogP contribution is -2.39. The quantitative estimate of drug-likeness (QED) is 0.757. The average molecular weight is 225 g/mol.